The molecule has 0 saturated carbocycles. The van der Waals surface area contributed by atoms with E-state index in [-0.39, 0.29) is 0 Å². The van der Waals surface area contributed by atoms with Gasteiger partial charge in [-0.1, -0.05) is 0 Å². The molecule has 171 valence electrons. The van der Waals surface area contributed by atoms with E-state index < -0.39 is 23.7 Å². The van der Waals surface area contributed by atoms with Gasteiger partial charge >= 0.3 is 200 Å². The standard InChI is InChI=1S/2C13H15.C2H7Si.2CH3.Hf/c2*1-3-6-12-10(2)9-11-7-4-5-8-13(11)12;1-3-2;;;/h2*4-5,7-9H,3,6H2,1-2H3;3H,1-2H3;2*1H3;. The van der Waals surface area contributed by atoms with Gasteiger partial charge in [0.05, 0.1) is 0 Å². The Morgan fingerprint density at radius 1 is 0.688 bits per heavy atom. The summed E-state index contributed by atoms with van der Waals surface area (Å²) in [6, 6.07) is 19.0. The first kappa shape index (κ1) is 24.1. The Morgan fingerprint density at radius 2 is 1.06 bits per heavy atom. The first-order valence-corrected chi connectivity index (χ1v) is 33.4. The van der Waals surface area contributed by atoms with E-state index in [1.54, 1.807) is 44.5 Å². The molecule has 2 unspecified atom stereocenters. The van der Waals surface area contributed by atoms with E-state index in [9.17, 15) is 0 Å². The minimum atomic E-state index is -3.58. The SMILES string of the molecule is CCCC1=C(C)[CH]([Hf]([CH3])([CH3])([CH]2C(C)=C(CCC)c3ccccc32)[SiH](C)C)c2ccccc21. The fraction of sp³-hybridized carbons (Fsp3) is 0.467. The average molecular weight is 610 g/mol. The van der Waals surface area contributed by atoms with Gasteiger partial charge in [-0.05, 0) is 0 Å². The van der Waals surface area contributed by atoms with Crippen LogP contribution in [-0.2, 0) is 17.7 Å². The molecular weight excluding hydrogens is 567 g/mol. The van der Waals surface area contributed by atoms with Gasteiger partial charge in [0.2, 0.25) is 0 Å². The van der Waals surface area contributed by atoms with E-state index in [0.717, 1.165) is 0 Å². The number of fused-ring (bicyclic) bond motifs is 2. The minimum absolute atomic E-state index is 0.699. The van der Waals surface area contributed by atoms with Gasteiger partial charge in [-0.15, -0.1) is 0 Å². The third-order valence-corrected chi connectivity index (χ3v) is 76.4. The van der Waals surface area contributed by atoms with Gasteiger partial charge < -0.3 is 0 Å². The zero-order chi connectivity index (χ0) is 23.3. The van der Waals surface area contributed by atoms with E-state index in [2.05, 4.69) is 98.7 Å². The summed E-state index contributed by atoms with van der Waals surface area (Å²) >= 11 is -3.58. The van der Waals surface area contributed by atoms with E-state index in [4.69, 9.17) is 0 Å². The summed E-state index contributed by atoms with van der Waals surface area (Å²) in [7, 11) is 0. The van der Waals surface area contributed by atoms with Crippen LogP contribution in [0.3, 0.4) is 0 Å². The van der Waals surface area contributed by atoms with Crippen molar-refractivity contribution in [3.8, 4) is 0 Å². The normalized spacial score (nSPS) is 21.7. The molecule has 0 N–H and O–H groups in total. The predicted octanol–water partition coefficient (Wildman–Crippen LogP) is 9.41. The van der Waals surface area contributed by atoms with E-state index in [1.807, 2.05) is 0 Å². The molecule has 0 spiro atoms. The fourth-order valence-electron chi connectivity index (χ4n) is 7.63. The third kappa shape index (κ3) is 3.30. The molecule has 2 heteroatoms. The molecule has 0 amide bonds. The van der Waals surface area contributed by atoms with Crippen LogP contribution in [0.2, 0.25) is 22.5 Å². The van der Waals surface area contributed by atoms with Crippen LogP contribution in [0.25, 0.3) is 11.1 Å². The van der Waals surface area contributed by atoms with Crippen LogP contribution in [0, 0.1) is 0 Å². The van der Waals surface area contributed by atoms with Crippen molar-refractivity contribution in [2.45, 2.75) is 83.2 Å². The zero-order valence-corrected chi connectivity index (χ0v) is 26.4. The van der Waals surface area contributed by atoms with Crippen molar-refractivity contribution in [2.75, 3.05) is 0 Å². The Morgan fingerprint density at radius 3 is 1.41 bits per heavy atom. The second kappa shape index (κ2) is 8.66. The van der Waals surface area contributed by atoms with Crippen molar-refractivity contribution in [3.05, 3.63) is 81.9 Å². The summed E-state index contributed by atoms with van der Waals surface area (Å²) < 4.78 is 7.19. The molecular formula is C30H43HfSi. The average Bonchev–Trinajstić information content (AvgIpc) is 3.21. The van der Waals surface area contributed by atoms with E-state index in [1.165, 1.54) is 25.7 Å². The van der Waals surface area contributed by atoms with Crippen molar-refractivity contribution in [2.24, 2.45) is 0 Å². The topological polar surface area (TPSA) is 0 Å². The maximum absolute atomic E-state index is 3.58. The Hall–Kier alpha value is -0.993. The predicted molar refractivity (Wildman–Crippen MR) is 144 cm³/mol. The molecule has 0 aromatic heterocycles. The molecule has 32 heavy (non-hydrogen) atoms. The first-order chi connectivity index (χ1) is 15.2. The van der Waals surface area contributed by atoms with Crippen molar-refractivity contribution in [1.82, 2.24) is 0 Å². The Labute approximate surface area is 198 Å². The molecule has 0 nitrogen and oxygen atoms in total. The van der Waals surface area contributed by atoms with Crippen molar-refractivity contribution in [3.63, 3.8) is 0 Å². The zero-order valence-electron chi connectivity index (χ0n) is 21.7. The fourth-order valence-corrected chi connectivity index (χ4v) is 51.5. The van der Waals surface area contributed by atoms with Gasteiger partial charge in [-0.3, -0.25) is 0 Å². The molecule has 2 aromatic carbocycles. The van der Waals surface area contributed by atoms with Crippen molar-refractivity contribution in [1.29, 1.82) is 0 Å². The van der Waals surface area contributed by atoms with Crippen LogP contribution >= 0.6 is 0 Å². The molecule has 2 aliphatic carbocycles. The number of hydrogen-bond donors (Lipinski definition) is 0. The van der Waals surface area contributed by atoms with Crippen LogP contribution in [0.1, 0.15) is 83.0 Å². The van der Waals surface area contributed by atoms with Crippen LogP contribution in [0.5, 0.6) is 0 Å². The number of benzene rings is 2. The Kier molecular flexibility index (Phi) is 6.53. The second-order valence-electron chi connectivity index (χ2n) is 11.8. The molecule has 0 aliphatic heterocycles. The third-order valence-electron chi connectivity index (χ3n) is 9.65. The maximum atomic E-state index is 2.90. The monoisotopic (exact) mass is 611 g/mol. The van der Waals surface area contributed by atoms with Crippen molar-refractivity contribution >= 4 is 17.1 Å². The van der Waals surface area contributed by atoms with E-state index in [0.29, 0.717) is 7.35 Å². The first-order valence-electron chi connectivity index (χ1n) is 13.0. The Bertz CT molecular complexity index is 1020. The van der Waals surface area contributed by atoms with Gasteiger partial charge in [-0.25, -0.2) is 0 Å². The summed E-state index contributed by atoms with van der Waals surface area (Å²) in [6.07, 6.45) is 4.92. The number of allylic oxidation sites excluding steroid dienone is 4. The molecule has 0 saturated heterocycles. The summed E-state index contributed by atoms with van der Waals surface area (Å²) in [5.41, 5.74) is 13.4. The van der Waals surface area contributed by atoms with Crippen LogP contribution in [0.4, 0.5) is 0 Å². The molecule has 0 radical (unpaired) electrons. The molecule has 0 heterocycles. The quantitative estimate of drug-likeness (QED) is 0.274. The molecule has 0 bridgehead atoms. The van der Waals surface area contributed by atoms with Gasteiger partial charge in [0, 0.05) is 0 Å². The number of rotatable bonds is 7. The van der Waals surface area contributed by atoms with Gasteiger partial charge in [0.15, 0.2) is 0 Å². The van der Waals surface area contributed by atoms with E-state index >= 15 is 0 Å². The summed E-state index contributed by atoms with van der Waals surface area (Å²) in [5.74, 6) is -0.960. The molecule has 2 aliphatic rings. The molecule has 2 atom stereocenters. The molecule has 4 rings (SSSR count). The number of hydrogen-bond acceptors (Lipinski definition) is 0. The molecule has 2 aromatic rings. The summed E-state index contributed by atoms with van der Waals surface area (Å²) in [6.45, 7) is 15.1. The van der Waals surface area contributed by atoms with Crippen LogP contribution < -0.4 is 0 Å². The second-order valence-corrected chi connectivity index (χ2v) is 65.2. The van der Waals surface area contributed by atoms with Gasteiger partial charge in [0.1, 0.15) is 0 Å². The van der Waals surface area contributed by atoms with Gasteiger partial charge in [0.25, 0.3) is 0 Å². The summed E-state index contributed by atoms with van der Waals surface area (Å²) in [5, 5.41) is 0. The van der Waals surface area contributed by atoms with Crippen LogP contribution in [0.15, 0.2) is 59.7 Å². The summed E-state index contributed by atoms with van der Waals surface area (Å²) in [4.78, 5) is 0. The van der Waals surface area contributed by atoms with Gasteiger partial charge in [-0.2, -0.15) is 0 Å². The van der Waals surface area contributed by atoms with Crippen LogP contribution in [-0.4, -0.2) is 5.98 Å². The Balaban J connectivity index is 2.03. The van der Waals surface area contributed by atoms with Crippen molar-refractivity contribution < 1.29 is 17.7 Å². The molecule has 0 fully saturated rings.